The molecule has 2 heterocycles. The molecule has 30 heavy (non-hydrogen) atoms. The second-order valence-electron chi connectivity index (χ2n) is 8.25. The van der Waals surface area contributed by atoms with Crippen molar-refractivity contribution in [2.45, 2.75) is 19.3 Å². The highest BCUT2D eigenvalue weighted by molar-refractivity contribution is 6.00. The number of carbonyl (C=O) groups is 1. The maximum Gasteiger partial charge on any atom is 0.255 e. The van der Waals surface area contributed by atoms with Crippen LogP contribution in [0.1, 0.15) is 29.6 Å². The third kappa shape index (κ3) is 5.05. The predicted octanol–water partition coefficient (Wildman–Crippen LogP) is 3.13. The van der Waals surface area contributed by atoms with Gasteiger partial charge in [0.05, 0.1) is 5.56 Å². The summed E-state index contributed by atoms with van der Waals surface area (Å²) in [6.45, 7) is 7.65. The molecule has 2 aliphatic rings. The molecule has 0 unspecified atom stereocenters. The van der Waals surface area contributed by atoms with Gasteiger partial charge < -0.3 is 20.9 Å². The second kappa shape index (κ2) is 9.85. The monoisotopic (exact) mass is 407 g/mol. The number of carbonyl (C=O) groups excluding carboxylic acids is 1. The zero-order chi connectivity index (χ0) is 20.8. The number of hydrogen-bond acceptors (Lipinski definition) is 5. The number of benzene rings is 2. The number of para-hydroxylation sites is 1. The lowest BCUT2D eigenvalue weighted by Crippen LogP contribution is -2.47. The summed E-state index contributed by atoms with van der Waals surface area (Å²) in [6.07, 6.45) is 3.41. The van der Waals surface area contributed by atoms with Crippen molar-refractivity contribution in [2.75, 3.05) is 68.3 Å². The van der Waals surface area contributed by atoms with E-state index in [0.29, 0.717) is 5.69 Å². The molecule has 0 bridgehead atoms. The predicted molar refractivity (Wildman–Crippen MR) is 124 cm³/mol. The summed E-state index contributed by atoms with van der Waals surface area (Å²) in [5, 5.41) is 3.48. The van der Waals surface area contributed by atoms with E-state index in [2.05, 4.69) is 45.4 Å². The minimum Gasteiger partial charge on any atom is -0.399 e. The van der Waals surface area contributed by atoms with E-state index in [1.54, 1.807) is 0 Å². The average molecular weight is 408 g/mol. The molecule has 6 nitrogen and oxygen atoms in total. The molecule has 0 radical (unpaired) electrons. The van der Waals surface area contributed by atoms with Crippen LogP contribution in [0, 0.1) is 0 Å². The Balaban J connectivity index is 1.30. The van der Waals surface area contributed by atoms with Gasteiger partial charge in [-0.05, 0) is 49.6 Å². The maximum absolute atomic E-state index is 13.0. The molecule has 0 atom stereocenters. The molecular formula is C24H33N5O. The van der Waals surface area contributed by atoms with Crippen molar-refractivity contribution in [3.05, 3.63) is 54.1 Å². The van der Waals surface area contributed by atoms with Gasteiger partial charge >= 0.3 is 0 Å². The van der Waals surface area contributed by atoms with E-state index < -0.39 is 0 Å². The zero-order valence-corrected chi connectivity index (χ0v) is 17.7. The molecule has 160 valence electrons. The van der Waals surface area contributed by atoms with Gasteiger partial charge in [-0.25, -0.2) is 0 Å². The molecule has 2 saturated heterocycles. The molecule has 4 rings (SSSR count). The fourth-order valence-electron chi connectivity index (χ4n) is 4.38. The van der Waals surface area contributed by atoms with Crippen LogP contribution in [0.3, 0.4) is 0 Å². The molecule has 2 aliphatic heterocycles. The number of nitrogens with two attached hydrogens (primary N) is 1. The fourth-order valence-corrected chi connectivity index (χ4v) is 4.38. The van der Waals surface area contributed by atoms with Crippen LogP contribution < -0.4 is 16.0 Å². The van der Waals surface area contributed by atoms with E-state index >= 15 is 0 Å². The van der Waals surface area contributed by atoms with Crippen molar-refractivity contribution in [3.63, 3.8) is 0 Å². The van der Waals surface area contributed by atoms with Gasteiger partial charge in [0.1, 0.15) is 0 Å². The summed E-state index contributed by atoms with van der Waals surface area (Å²) in [4.78, 5) is 19.9. The van der Waals surface area contributed by atoms with Gasteiger partial charge in [-0.1, -0.05) is 18.2 Å². The lowest BCUT2D eigenvalue weighted by molar-refractivity contribution is 0.0725. The van der Waals surface area contributed by atoms with Gasteiger partial charge in [0.15, 0.2) is 0 Å². The van der Waals surface area contributed by atoms with Crippen LogP contribution in [0.4, 0.5) is 17.1 Å². The van der Waals surface area contributed by atoms with Gasteiger partial charge in [-0.2, -0.15) is 0 Å². The second-order valence-corrected chi connectivity index (χ2v) is 8.25. The maximum atomic E-state index is 13.0. The lowest BCUT2D eigenvalue weighted by atomic mass is 10.1. The fraction of sp³-hybridized carbons (Fsp3) is 0.458. The number of rotatable bonds is 6. The van der Waals surface area contributed by atoms with E-state index in [0.717, 1.165) is 76.5 Å². The number of amides is 1. The average Bonchev–Trinajstić information content (AvgIpc) is 2.80. The van der Waals surface area contributed by atoms with Crippen LogP contribution in [0.25, 0.3) is 0 Å². The van der Waals surface area contributed by atoms with Crippen molar-refractivity contribution in [1.29, 1.82) is 0 Å². The van der Waals surface area contributed by atoms with Crippen molar-refractivity contribution >= 4 is 23.0 Å². The first-order valence-electron chi connectivity index (χ1n) is 11.2. The smallest absolute Gasteiger partial charge is 0.255 e. The molecule has 0 aliphatic carbocycles. The Morgan fingerprint density at radius 1 is 0.900 bits per heavy atom. The number of likely N-dealkylation sites (tertiary alicyclic amines) is 1. The van der Waals surface area contributed by atoms with Crippen LogP contribution in [0.15, 0.2) is 48.5 Å². The zero-order valence-electron chi connectivity index (χ0n) is 17.7. The Morgan fingerprint density at radius 2 is 1.63 bits per heavy atom. The summed E-state index contributed by atoms with van der Waals surface area (Å²) in [7, 11) is 0. The number of piperazine rings is 1. The summed E-state index contributed by atoms with van der Waals surface area (Å²) >= 11 is 0. The minimum absolute atomic E-state index is 0.119. The molecule has 0 aromatic heterocycles. The number of piperidine rings is 1. The highest BCUT2D eigenvalue weighted by Gasteiger charge is 2.21. The molecule has 2 fully saturated rings. The first-order chi connectivity index (χ1) is 14.7. The molecule has 2 aromatic carbocycles. The van der Waals surface area contributed by atoms with Gasteiger partial charge in [0.25, 0.3) is 5.91 Å². The summed E-state index contributed by atoms with van der Waals surface area (Å²) in [5.74, 6) is 0.119. The van der Waals surface area contributed by atoms with E-state index in [4.69, 9.17) is 5.73 Å². The van der Waals surface area contributed by atoms with Crippen molar-refractivity contribution < 1.29 is 4.79 Å². The van der Waals surface area contributed by atoms with Crippen LogP contribution in [-0.4, -0.2) is 68.1 Å². The van der Waals surface area contributed by atoms with Crippen molar-refractivity contribution in [2.24, 2.45) is 0 Å². The number of nitrogens with one attached hydrogen (secondary N) is 1. The number of nitrogen functional groups attached to an aromatic ring is 1. The number of anilines is 3. The SMILES string of the molecule is Nc1ccc(C(=O)N2CCCCC2)c(NCCN2CCN(c3ccccc3)CC2)c1. The highest BCUT2D eigenvalue weighted by atomic mass is 16.2. The minimum atomic E-state index is 0.119. The highest BCUT2D eigenvalue weighted by Crippen LogP contribution is 2.23. The molecule has 0 spiro atoms. The lowest BCUT2D eigenvalue weighted by Gasteiger charge is -2.36. The topological polar surface area (TPSA) is 64.8 Å². The Hall–Kier alpha value is -2.73. The van der Waals surface area contributed by atoms with Crippen molar-refractivity contribution in [1.82, 2.24) is 9.80 Å². The van der Waals surface area contributed by atoms with Gasteiger partial charge in [0, 0.05) is 69.4 Å². The van der Waals surface area contributed by atoms with E-state index in [1.165, 1.54) is 12.1 Å². The van der Waals surface area contributed by atoms with Gasteiger partial charge in [-0.3, -0.25) is 9.69 Å². The molecular weight excluding hydrogens is 374 g/mol. The van der Waals surface area contributed by atoms with Crippen LogP contribution in [0.2, 0.25) is 0 Å². The number of hydrogen-bond donors (Lipinski definition) is 2. The Morgan fingerprint density at radius 3 is 2.37 bits per heavy atom. The normalized spacial score (nSPS) is 17.7. The first-order valence-corrected chi connectivity index (χ1v) is 11.2. The molecule has 3 N–H and O–H groups in total. The standard InChI is InChI=1S/C24H33N5O/c25-20-9-10-22(24(30)29-12-5-2-6-13-29)23(19-20)26-11-14-27-15-17-28(18-16-27)21-7-3-1-4-8-21/h1,3-4,7-10,19,26H,2,5-6,11-18,25H2. The summed E-state index contributed by atoms with van der Waals surface area (Å²) in [5.41, 5.74) is 9.59. The van der Waals surface area contributed by atoms with Crippen LogP contribution in [-0.2, 0) is 0 Å². The third-order valence-electron chi connectivity index (χ3n) is 6.15. The number of nitrogens with zero attached hydrogens (tertiary/aromatic N) is 3. The summed E-state index contributed by atoms with van der Waals surface area (Å²) < 4.78 is 0. The Bertz CT molecular complexity index is 827. The molecule has 6 heteroatoms. The molecule has 1 amide bonds. The van der Waals surface area contributed by atoms with Crippen molar-refractivity contribution in [3.8, 4) is 0 Å². The quantitative estimate of drug-likeness (QED) is 0.721. The molecule has 2 aromatic rings. The van der Waals surface area contributed by atoms with E-state index in [9.17, 15) is 4.79 Å². The van der Waals surface area contributed by atoms with E-state index in [1.807, 2.05) is 23.1 Å². The first kappa shape index (κ1) is 20.5. The Kier molecular flexibility index (Phi) is 6.74. The van der Waals surface area contributed by atoms with Crippen LogP contribution in [0.5, 0.6) is 0 Å². The van der Waals surface area contributed by atoms with Crippen LogP contribution >= 0.6 is 0 Å². The van der Waals surface area contributed by atoms with Gasteiger partial charge in [-0.15, -0.1) is 0 Å². The van der Waals surface area contributed by atoms with E-state index in [-0.39, 0.29) is 5.91 Å². The largest absolute Gasteiger partial charge is 0.399 e. The summed E-state index contributed by atoms with van der Waals surface area (Å²) in [6, 6.07) is 16.2. The Labute approximate surface area is 179 Å². The molecule has 0 saturated carbocycles. The third-order valence-corrected chi connectivity index (χ3v) is 6.15. The van der Waals surface area contributed by atoms with Gasteiger partial charge in [0.2, 0.25) is 0 Å².